The van der Waals surface area contributed by atoms with Crippen molar-refractivity contribution in [3.8, 4) is 0 Å². The van der Waals surface area contributed by atoms with Crippen molar-refractivity contribution < 1.29 is 0 Å². The number of hydrogen-bond acceptors (Lipinski definition) is 0. The van der Waals surface area contributed by atoms with Gasteiger partial charge in [-0.3, -0.25) is 0 Å². The summed E-state index contributed by atoms with van der Waals surface area (Å²) >= 11 is 0. The Hall–Kier alpha value is -2.08. The van der Waals surface area contributed by atoms with E-state index in [1.165, 1.54) is 38.7 Å². The first kappa shape index (κ1) is 37.6. The lowest BCUT2D eigenvalue weighted by molar-refractivity contribution is 1.09. The van der Waals surface area contributed by atoms with E-state index in [2.05, 4.69) is 74.5 Å². The molecule has 0 bridgehead atoms. The van der Waals surface area contributed by atoms with Crippen molar-refractivity contribution in [3.05, 3.63) is 60.7 Å². The zero-order chi connectivity index (χ0) is 19.2. The molecule has 0 radical (unpaired) electrons. The fourth-order valence-electron chi connectivity index (χ4n) is 2.67. The molecule has 0 spiro atoms. The average Bonchev–Trinajstić information content (AvgIpc) is 2.71. The van der Waals surface area contributed by atoms with E-state index in [1.54, 1.807) is 0 Å². The molecule has 0 unspecified atom stereocenters. The summed E-state index contributed by atoms with van der Waals surface area (Å²) < 4.78 is 0. The van der Waals surface area contributed by atoms with Crippen LogP contribution in [0, 0.1) is 0 Å². The monoisotopic (exact) mass is 400 g/mol. The van der Waals surface area contributed by atoms with Crippen LogP contribution < -0.4 is 0 Å². The normalized spacial score (nSPS) is 7.72. The van der Waals surface area contributed by atoms with E-state index in [4.69, 9.17) is 0 Å². The smallest absolute Gasteiger partial charge is 0.00268 e. The topological polar surface area (TPSA) is 0 Å². The molecule has 0 fully saturated rings. The van der Waals surface area contributed by atoms with Gasteiger partial charge in [-0.25, -0.2) is 0 Å². The van der Waals surface area contributed by atoms with Crippen molar-refractivity contribution in [2.75, 3.05) is 0 Å². The Balaban J connectivity index is -0.000000132. The van der Waals surface area contributed by atoms with Gasteiger partial charge in [0, 0.05) is 0 Å². The number of benzene rings is 4. The molecule has 0 aliphatic heterocycles. The molecule has 0 saturated carbocycles. The van der Waals surface area contributed by atoms with Gasteiger partial charge in [0.15, 0.2) is 0 Å². The van der Waals surface area contributed by atoms with Crippen LogP contribution >= 0.6 is 0 Å². The van der Waals surface area contributed by atoms with Gasteiger partial charge in [0.2, 0.25) is 0 Å². The number of rotatable bonds is 0. The molecular formula is C29H52. The van der Waals surface area contributed by atoms with E-state index in [-0.39, 0.29) is 29.7 Å². The van der Waals surface area contributed by atoms with Crippen LogP contribution in [0.4, 0.5) is 0 Å². The maximum atomic E-state index is 2.21. The fourth-order valence-corrected chi connectivity index (χ4v) is 2.67. The highest BCUT2D eigenvalue weighted by Crippen LogP contribution is 2.33. The average molecular weight is 401 g/mol. The summed E-state index contributed by atoms with van der Waals surface area (Å²) in [7, 11) is 0. The second-order valence-electron chi connectivity index (χ2n) is 5.00. The Kier molecular flexibility index (Phi) is 28.8. The van der Waals surface area contributed by atoms with Gasteiger partial charge in [-0.1, -0.05) is 152 Å². The molecule has 0 aliphatic rings. The first-order valence-corrected chi connectivity index (χ1v) is 9.97. The predicted molar refractivity (Wildman–Crippen MR) is 147 cm³/mol. The van der Waals surface area contributed by atoms with Crippen molar-refractivity contribution in [1.82, 2.24) is 0 Å². The van der Waals surface area contributed by atoms with Gasteiger partial charge in [0.1, 0.15) is 0 Å². The SMILES string of the molecule is C.C.C.C.CC.CC.CC.CCC.c1cc2ccc3cccc4ccc(c1)c2c34. The summed E-state index contributed by atoms with van der Waals surface area (Å²) in [5.74, 6) is 0. The minimum absolute atomic E-state index is 0. The molecule has 168 valence electrons. The van der Waals surface area contributed by atoms with Crippen molar-refractivity contribution in [2.24, 2.45) is 0 Å². The Labute approximate surface area is 184 Å². The van der Waals surface area contributed by atoms with Crippen LogP contribution in [0.2, 0.25) is 0 Å². The van der Waals surface area contributed by atoms with Gasteiger partial charge in [-0.2, -0.15) is 0 Å². The van der Waals surface area contributed by atoms with E-state index < -0.39 is 0 Å². The molecule has 0 atom stereocenters. The summed E-state index contributed by atoms with van der Waals surface area (Å²) in [6.45, 7) is 16.2. The molecule has 0 aromatic heterocycles. The van der Waals surface area contributed by atoms with Crippen molar-refractivity contribution in [1.29, 1.82) is 0 Å². The summed E-state index contributed by atoms with van der Waals surface area (Å²) in [5.41, 5.74) is 0. The quantitative estimate of drug-likeness (QED) is 0.257. The van der Waals surface area contributed by atoms with Crippen LogP contribution in [0.5, 0.6) is 0 Å². The predicted octanol–water partition coefficient (Wildman–Crippen LogP) is 11.6. The Morgan fingerprint density at radius 3 is 0.759 bits per heavy atom. The Morgan fingerprint density at radius 2 is 0.586 bits per heavy atom. The molecule has 0 N–H and O–H groups in total. The highest BCUT2D eigenvalue weighted by Gasteiger charge is 2.05. The van der Waals surface area contributed by atoms with E-state index in [1.807, 2.05) is 41.5 Å². The highest BCUT2D eigenvalue weighted by atomic mass is 14.1. The largest absolute Gasteiger partial charge is 0.0776 e. The van der Waals surface area contributed by atoms with Crippen LogP contribution in [0.1, 0.15) is 91.5 Å². The summed E-state index contributed by atoms with van der Waals surface area (Å²) in [6.07, 6.45) is 1.25. The maximum absolute atomic E-state index is 2.21. The van der Waals surface area contributed by atoms with E-state index >= 15 is 0 Å². The third-order valence-corrected chi connectivity index (χ3v) is 3.39. The molecule has 29 heavy (non-hydrogen) atoms. The third-order valence-electron chi connectivity index (χ3n) is 3.39. The standard InChI is InChI=1S/C16H10.C3H8.3C2H6.4CH4/c1-3-11-7-9-13-5-2-6-14-10-8-12(4-1)15(11)16(13)14;1-3-2;3*1-2;;;;/h1-10H;3H2,1-2H3;3*1-2H3;4*1H4. The van der Waals surface area contributed by atoms with Crippen molar-refractivity contribution in [3.63, 3.8) is 0 Å². The summed E-state index contributed by atoms with van der Waals surface area (Å²) in [6, 6.07) is 21.9. The fraction of sp³-hybridized carbons (Fsp3) is 0.448. The lowest BCUT2D eigenvalue weighted by atomic mass is 9.95. The molecule has 4 aromatic rings. The zero-order valence-corrected chi connectivity index (χ0v) is 17.5. The van der Waals surface area contributed by atoms with Gasteiger partial charge in [0.05, 0.1) is 0 Å². The Morgan fingerprint density at radius 1 is 0.414 bits per heavy atom. The van der Waals surface area contributed by atoms with Crippen molar-refractivity contribution in [2.45, 2.75) is 91.5 Å². The maximum Gasteiger partial charge on any atom is -0.00268 e. The molecule has 0 amide bonds. The second-order valence-corrected chi connectivity index (χ2v) is 5.00. The van der Waals surface area contributed by atoms with E-state index in [0.717, 1.165) is 0 Å². The van der Waals surface area contributed by atoms with Crippen LogP contribution in [-0.2, 0) is 0 Å². The van der Waals surface area contributed by atoms with E-state index in [9.17, 15) is 0 Å². The minimum atomic E-state index is 0. The van der Waals surface area contributed by atoms with Gasteiger partial charge in [0.25, 0.3) is 0 Å². The third kappa shape index (κ3) is 9.31. The summed E-state index contributed by atoms with van der Waals surface area (Å²) in [4.78, 5) is 0. The second kappa shape index (κ2) is 22.2. The van der Waals surface area contributed by atoms with Crippen LogP contribution in [0.15, 0.2) is 60.7 Å². The van der Waals surface area contributed by atoms with Gasteiger partial charge in [-0.05, 0) is 32.3 Å². The van der Waals surface area contributed by atoms with Gasteiger partial charge < -0.3 is 0 Å². The lowest BCUT2D eigenvalue weighted by Crippen LogP contribution is -1.82. The summed E-state index contributed by atoms with van der Waals surface area (Å²) in [5, 5.41) is 8.14. The van der Waals surface area contributed by atoms with Crippen LogP contribution in [-0.4, -0.2) is 0 Å². The molecule has 0 heteroatoms. The number of hydrogen-bond donors (Lipinski definition) is 0. The Bertz CT molecular complexity index is 682. The van der Waals surface area contributed by atoms with Crippen LogP contribution in [0.3, 0.4) is 0 Å². The molecule has 0 aliphatic carbocycles. The lowest BCUT2D eigenvalue weighted by Gasteiger charge is -2.09. The minimum Gasteiger partial charge on any atom is -0.0776 e. The van der Waals surface area contributed by atoms with Gasteiger partial charge >= 0.3 is 0 Å². The molecule has 0 saturated heterocycles. The molecular weight excluding hydrogens is 348 g/mol. The zero-order valence-electron chi connectivity index (χ0n) is 17.5. The first-order valence-electron chi connectivity index (χ1n) is 9.97. The highest BCUT2D eigenvalue weighted by molar-refractivity contribution is 6.22. The first-order chi connectivity index (χ1) is 12.3. The molecule has 4 aromatic carbocycles. The van der Waals surface area contributed by atoms with Crippen LogP contribution in [0.25, 0.3) is 32.3 Å². The van der Waals surface area contributed by atoms with Gasteiger partial charge in [-0.15, -0.1) is 0 Å². The van der Waals surface area contributed by atoms with Crippen molar-refractivity contribution >= 4 is 32.3 Å². The molecule has 4 rings (SSSR count). The molecule has 0 heterocycles. The molecule has 0 nitrogen and oxygen atoms in total. The van der Waals surface area contributed by atoms with E-state index in [0.29, 0.717) is 0 Å².